The molecule has 0 amide bonds. The highest BCUT2D eigenvalue weighted by Crippen LogP contribution is 2.37. The van der Waals surface area contributed by atoms with Crippen molar-refractivity contribution in [1.82, 2.24) is 0 Å². The van der Waals surface area contributed by atoms with E-state index in [9.17, 15) is 5.11 Å². The van der Waals surface area contributed by atoms with Crippen LogP contribution in [0.2, 0.25) is 19.6 Å². The van der Waals surface area contributed by atoms with Crippen LogP contribution < -0.4 is 0 Å². The molecule has 100 valence electrons. The Labute approximate surface area is 116 Å². The molecule has 0 saturated carbocycles. The average molecular weight is 270 g/mol. The second kappa shape index (κ2) is 4.95. The van der Waals surface area contributed by atoms with Crippen molar-refractivity contribution in [1.29, 1.82) is 0 Å². The molecule has 2 aromatic carbocycles. The standard InChI is InChI=1S/C17H22OSi/c1-17(18,19(2,3)4)16-13-9-8-12-15(16)14-10-6-5-7-11-14/h5-13,18H,1-4H3. The summed E-state index contributed by atoms with van der Waals surface area (Å²) in [6.45, 7) is 8.57. The molecule has 0 aliphatic rings. The molecular formula is C17H22OSi. The van der Waals surface area contributed by atoms with Gasteiger partial charge in [-0.25, -0.2) is 0 Å². The zero-order chi connectivity index (χ0) is 14.1. The maximum Gasteiger partial charge on any atom is 0.0874 e. The molecule has 0 aliphatic heterocycles. The van der Waals surface area contributed by atoms with Crippen LogP contribution >= 0.6 is 0 Å². The Bertz CT molecular complexity index is 553. The third-order valence-electron chi connectivity index (χ3n) is 4.00. The molecule has 0 aliphatic carbocycles. The molecule has 2 aromatic rings. The fraction of sp³-hybridized carbons (Fsp3) is 0.294. The lowest BCUT2D eigenvalue weighted by atomic mass is 9.96. The quantitative estimate of drug-likeness (QED) is 0.818. The van der Waals surface area contributed by atoms with Crippen LogP contribution in [0.3, 0.4) is 0 Å². The van der Waals surface area contributed by atoms with Crippen molar-refractivity contribution in [3.63, 3.8) is 0 Å². The number of rotatable bonds is 3. The SMILES string of the molecule is CC(O)(c1ccccc1-c1ccccc1)[Si](C)(C)C. The molecule has 0 radical (unpaired) electrons. The summed E-state index contributed by atoms with van der Waals surface area (Å²) >= 11 is 0. The predicted molar refractivity (Wildman–Crippen MR) is 84.8 cm³/mol. The largest absolute Gasteiger partial charge is 0.389 e. The van der Waals surface area contributed by atoms with E-state index in [4.69, 9.17) is 0 Å². The average Bonchev–Trinajstić information content (AvgIpc) is 2.38. The molecule has 0 heterocycles. The first-order chi connectivity index (χ1) is 8.84. The van der Waals surface area contributed by atoms with Crippen LogP contribution in [0.1, 0.15) is 12.5 Å². The third kappa shape index (κ3) is 2.65. The van der Waals surface area contributed by atoms with Crippen molar-refractivity contribution >= 4 is 8.07 Å². The van der Waals surface area contributed by atoms with Gasteiger partial charge >= 0.3 is 0 Å². The Morgan fingerprint density at radius 2 is 1.37 bits per heavy atom. The first-order valence-corrected chi connectivity index (χ1v) is 10.2. The Morgan fingerprint density at radius 3 is 1.95 bits per heavy atom. The van der Waals surface area contributed by atoms with Crippen molar-refractivity contribution in [2.24, 2.45) is 0 Å². The molecule has 2 heteroatoms. The van der Waals surface area contributed by atoms with Gasteiger partial charge in [0.25, 0.3) is 0 Å². The van der Waals surface area contributed by atoms with E-state index in [1.54, 1.807) is 0 Å². The Morgan fingerprint density at radius 1 is 0.842 bits per heavy atom. The monoisotopic (exact) mass is 270 g/mol. The number of benzene rings is 2. The van der Waals surface area contributed by atoms with Gasteiger partial charge in [0, 0.05) is 0 Å². The van der Waals surface area contributed by atoms with Gasteiger partial charge in [0.15, 0.2) is 0 Å². The normalized spacial score (nSPS) is 15.0. The molecule has 0 saturated heterocycles. The van der Waals surface area contributed by atoms with Crippen molar-refractivity contribution in [2.75, 3.05) is 0 Å². The van der Waals surface area contributed by atoms with Crippen LogP contribution in [-0.4, -0.2) is 13.2 Å². The van der Waals surface area contributed by atoms with Crippen LogP contribution in [0, 0.1) is 0 Å². The maximum absolute atomic E-state index is 11.0. The Balaban J connectivity index is 2.61. The van der Waals surface area contributed by atoms with Gasteiger partial charge in [-0.15, -0.1) is 0 Å². The van der Waals surface area contributed by atoms with E-state index >= 15 is 0 Å². The lowest BCUT2D eigenvalue weighted by Crippen LogP contribution is -2.47. The van der Waals surface area contributed by atoms with Gasteiger partial charge in [0.05, 0.1) is 13.3 Å². The maximum atomic E-state index is 11.0. The second-order valence-corrected chi connectivity index (χ2v) is 11.7. The predicted octanol–water partition coefficient (Wildman–Crippen LogP) is 4.44. The highest BCUT2D eigenvalue weighted by atomic mass is 28.3. The molecule has 0 bridgehead atoms. The number of aliphatic hydroxyl groups is 1. The first-order valence-electron chi connectivity index (χ1n) is 6.71. The molecule has 0 aromatic heterocycles. The van der Waals surface area contributed by atoms with Crippen LogP contribution in [0.25, 0.3) is 11.1 Å². The molecule has 1 nitrogen and oxygen atoms in total. The van der Waals surface area contributed by atoms with E-state index in [0.717, 1.165) is 16.7 Å². The molecule has 1 N–H and O–H groups in total. The molecule has 0 fully saturated rings. The second-order valence-electron chi connectivity index (χ2n) is 6.23. The summed E-state index contributed by atoms with van der Waals surface area (Å²) in [5.74, 6) is 0. The van der Waals surface area contributed by atoms with E-state index in [0.29, 0.717) is 0 Å². The Hall–Kier alpha value is -1.38. The van der Waals surface area contributed by atoms with E-state index in [1.165, 1.54) is 0 Å². The fourth-order valence-electron chi connectivity index (χ4n) is 2.18. The van der Waals surface area contributed by atoms with E-state index in [1.807, 2.05) is 37.3 Å². The van der Waals surface area contributed by atoms with Crippen molar-refractivity contribution < 1.29 is 5.11 Å². The summed E-state index contributed by atoms with van der Waals surface area (Å²) in [6, 6.07) is 18.5. The van der Waals surface area contributed by atoms with Crippen LogP contribution in [0.15, 0.2) is 54.6 Å². The number of hydrogen-bond donors (Lipinski definition) is 1. The minimum absolute atomic E-state index is 0.737. The lowest BCUT2D eigenvalue weighted by molar-refractivity contribution is 0.136. The van der Waals surface area contributed by atoms with Gasteiger partial charge < -0.3 is 5.11 Å². The summed E-state index contributed by atoms with van der Waals surface area (Å²) in [7, 11) is -1.73. The zero-order valence-corrected chi connectivity index (χ0v) is 13.1. The highest BCUT2D eigenvalue weighted by molar-refractivity contribution is 6.78. The van der Waals surface area contributed by atoms with Crippen molar-refractivity contribution in [2.45, 2.75) is 31.8 Å². The van der Waals surface area contributed by atoms with Crippen LogP contribution in [0.4, 0.5) is 0 Å². The molecule has 19 heavy (non-hydrogen) atoms. The smallest absolute Gasteiger partial charge is 0.0874 e. The fourth-order valence-corrected chi connectivity index (χ4v) is 3.21. The first kappa shape index (κ1) is 14.0. The number of hydrogen-bond acceptors (Lipinski definition) is 1. The molecule has 1 unspecified atom stereocenters. The Kier molecular flexibility index (Phi) is 3.66. The van der Waals surface area contributed by atoms with Crippen molar-refractivity contribution in [3.8, 4) is 11.1 Å². The van der Waals surface area contributed by atoms with Gasteiger partial charge in [-0.05, 0) is 23.6 Å². The van der Waals surface area contributed by atoms with Crippen LogP contribution in [-0.2, 0) is 5.22 Å². The summed E-state index contributed by atoms with van der Waals surface area (Å²) in [4.78, 5) is 0. The van der Waals surface area contributed by atoms with Gasteiger partial charge in [0.2, 0.25) is 0 Å². The third-order valence-corrected chi connectivity index (χ3v) is 7.19. The van der Waals surface area contributed by atoms with E-state index in [2.05, 4.69) is 43.9 Å². The zero-order valence-electron chi connectivity index (χ0n) is 12.1. The molecule has 2 rings (SSSR count). The summed E-state index contributed by atoms with van der Waals surface area (Å²) < 4.78 is 0. The van der Waals surface area contributed by atoms with E-state index < -0.39 is 13.3 Å². The lowest BCUT2D eigenvalue weighted by Gasteiger charge is -2.37. The highest BCUT2D eigenvalue weighted by Gasteiger charge is 2.40. The van der Waals surface area contributed by atoms with Gasteiger partial charge in [-0.2, -0.15) is 0 Å². The van der Waals surface area contributed by atoms with Gasteiger partial charge in [-0.1, -0.05) is 74.2 Å². The molecular weight excluding hydrogens is 248 g/mol. The topological polar surface area (TPSA) is 20.2 Å². The van der Waals surface area contributed by atoms with Crippen molar-refractivity contribution in [3.05, 3.63) is 60.2 Å². The van der Waals surface area contributed by atoms with Crippen LogP contribution in [0.5, 0.6) is 0 Å². The van der Waals surface area contributed by atoms with E-state index in [-0.39, 0.29) is 0 Å². The minimum Gasteiger partial charge on any atom is -0.389 e. The van der Waals surface area contributed by atoms with Gasteiger partial charge in [-0.3, -0.25) is 0 Å². The molecule has 1 atom stereocenters. The summed E-state index contributed by atoms with van der Waals surface area (Å²) in [5, 5.41) is 10.3. The summed E-state index contributed by atoms with van der Waals surface area (Å²) in [6.07, 6.45) is 0. The summed E-state index contributed by atoms with van der Waals surface area (Å²) in [5.41, 5.74) is 3.34. The molecule has 0 spiro atoms. The van der Waals surface area contributed by atoms with Gasteiger partial charge in [0.1, 0.15) is 0 Å². The minimum atomic E-state index is -1.73.